The Kier molecular flexibility index (Phi) is 4.28. The number of rotatable bonds is 3. The third-order valence-electron chi connectivity index (χ3n) is 3.60. The molecule has 0 aromatic heterocycles. The van der Waals surface area contributed by atoms with Gasteiger partial charge in [-0.15, -0.1) is 0 Å². The maximum absolute atomic E-state index is 12.6. The van der Waals surface area contributed by atoms with Crippen LogP contribution in [-0.4, -0.2) is 61.5 Å². The van der Waals surface area contributed by atoms with Crippen LogP contribution in [0.4, 0.5) is 0 Å². The molecule has 3 atom stereocenters. The summed E-state index contributed by atoms with van der Waals surface area (Å²) >= 11 is 0. The molecule has 2 rings (SSSR count). The summed E-state index contributed by atoms with van der Waals surface area (Å²) in [5, 5.41) is 0. The van der Waals surface area contributed by atoms with E-state index in [1.165, 1.54) is 0 Å². The first kappa shape index (κ1) is 14.2. The summed E-state index contributed by atoms with van der Waals surface area (Å²) in [5.74, 6) is 0. The van der Waals surface area contributed by atoms with Crippen molar-refractivity contribution in [2.75, 3.05) is 26.2 Å². The Labute approximate surface area is 109 Å². The lowest BCUT2D eigenvalue weighted by Crippen LogP contribution is -2.54. The smallest absolute Gasteiger partial charge is 0.282 e. The van der Waals surface area contributed by atoms with Crippen molar-refractivity contribution in [3.05, 3.63) is 0 Å². The highest BCUT2D eigenvalue weighted by atomic mass is 32.2. The Morgan fingerprint density at radius 3 is 2.44 bits per heavy atom. The lowest BCUT2D eigenvalue weighted by Gasteiger charge is -2.37. The molecule has 2 heterocycles. The Balaban J connectivity index is 2.15. The van der Waals surface area contributed by atoms with E-state index < -0.39 is 10.2 Å². The van der Waals surface area contributed by atoms with Gasteiger partial charge in [-0.25, -0.2) is 0 Å². The van der Waals surface area contributed by atoms with Gasteiger partial charge in [0.25, 0.3) is 10.2 Å². The van der Waals surface area contributed by atoms with Crippen molar-refractivity contribution < 1.29 is 13.2 Å². The first-order chi connectivity index (χ1) is 8.45. The predicted molar refractivity (Wildman–Crippen MR) is 69.3 cm³/mol. The van der Waals surface area contributed by atoms with Crippen molar-refractivity contribution in [3.63, 3.8) is 0 Å². The van der Waals surface area contributed by atoms with E-state index in [9.17, 15) is 8.42 Å². The number of hydrogen-bond donors (Lipinski definition) is 1. The van der Waals surface area contributed by atoms with Crippen molar-refractivity contribution in [1.29, 1.82) is 0 Å². The van der Waals surface area contributed by atoms with E-state index in [-0.39, 0.29) is 18.2 Å². The van der Waals surface area contributed by atoms with E-state index in [1.54, 1.807) is 8.61 Å². The zero-order valence-corrected chi connectivity index (χ0v) is 11.9. The SMILES string of the molecule is C[C@@H]1CN(S(=O)(=O)N2CCC[C@@H]2CN)C[C@H](C)O1. The van der Waals surface area contributed by atoms with Gasteiger partial charge in [0, 0.05) is 32.2 Å². The van der Waals surface area contributed by atoms with Crippen LogP contribution >= 0.6 is 0 Å². The summed E-state index contributed by atoms with van der Waals surface area (Å²) in [6, 6.07) is -0.0385. The van der Waals surface area contributed by atoms with Crippen LogP contribution in [0.3, 0.4) is 0 Å². The fraction of sp³-hybridized carbons (Fsp3) is 1.00. The van der Waals surface area contributed by atoms with Gasteiger partial charge in [-0.05, 0) is 26.7 Å². The average Bonchev–Trinajstić information content (AvgIpc) is 2.76. The highest BCUT2D eigenvalue weighted by Crippen LogP contribution is 2.25. The molecule has 0 aliphatic carbocycles. The molecular formula is C11H23N3O3S. The maximum atomic E-state index is 12.6. The molecule has 2 aliphatic heterocycles. The van der Waals surface area contributed by atoms with Crippen molar-refractivity contribution >= 4 is 10.2 Å². The monoisotopic (exact) mass is 277 g/mol. The van der Waals surface area contributed by atoms with Gasteiger partial charge >= 0.3 is 0 Å². The van der Waals surface area contributed by atoms with E-state index in [0.29, 0.717) is 26.2 Å². The molecule has 2 N–H and O–H groups in total. The molecule has 6 nitrogen and oxygen atoms in total. The van der Waals surface area contributed by atoms with Crippen LogP contribution in [0.15, 0.2) is 0 Å². The molecule has 0 unspecified atom stereocenters. The minimum absolute atomic E-state index is 0.0385. The van der Waals surface area contributed by atoms with Gasteiger partial charge in [-0.2, -0.15) is 17.0 Å². The Hall–Kier alpha value is -0.210. The van der Waals surface area contributed by atoms with Gasteiger partial charge in [0.1, 0.15) is 0 Å². The second-order valence-corrected chi connectivity index (χ2v) is 7.11. The summed E-state index contributed by atoms with van der Waals surface area (Å²) in [7, 11) is -3.38. The van der Waals surface area contributed by atoms with Gasteiger partial charge in [0.05, 0.1) is 12.2 Å². The Morgan fingerprint density at radius 2 is 1.89 bits per heavy atom. The molecule has 0 saturated carbocycles. The van der Waals surface area contributed by atoms with E-state index in [0.717, 1.165) is 12.8 Å². The highest BCUT2D eigenvalue weighted by Gasteiger charge is 2.40. The molecule has 0 bridgehead atoms. The molecule has 7 heteroatoms. The van der Waals surface area contributed by atoms with Crippen LogP contribution in [0.2, 0.25) is 0 Å². The Morgan fingerprint density at radius 1 is 1.28 bits per heavy atom. The number of nitrogens with two attached hydrogens (primary N) is 1. The predicted octanol–water partition coefficient (Wildman–Crippen LogP) is -0.236. The van der Waals surface area contributed by atoms with E-state index in [2.05, 4.69) is 0 Å². The van der Waals surface area contributed by atoms with Crippen molar-refractivity contribution in [1.82, 2.24) is 8.61 Å². The zero-order valence-electron chi connectivity index (χ0n) is 11.1. The fourth-order valence-corrected chi connectivity index (χ4v) is 4.84. The van der Waals surface area contributed by atoms with E-state index >= 15 is 0 Å². The second-order valence-electron chi connectivity index (χ2n) is 5.22. The van der Waals surface area contributed by atoms with Gasteiger partial charge in [-0.3, -0.25) is 0 Å². The van der Waals surface area contributed by atoms with Crippen LogP contribution < -0.4 is 5.73 Å². The maximum Gasteiger partial charge on any atom is 0.282 e. The van der Waals surface area contributed by atoms with Crippen LogP contribution in [0.5, 0.6) is 0 Å². The standard InChI is InChI=1S/C11H23N3O3S/c1-9-7-13(8-10(2)17-9)18(15,16)14-5-3-4-11(14)6-12/h9-11H,3-8,12H2,1-2H3/t9-,10+,11-/m1/s1. The number of hydrogen-bond acceptors (Lipinski definition) is 4. The van der Waals surface area contributed by atoms with Crippen molar-refractivity contribution in [2.45, 2.75) is 44.9 Å². The van der Waals surface area contributed by atoms with E-state index in [1.807, 2.05) is 13.8 Å². The molecule has 106 valence electrons. The van der Waals surface area contributed by atoms with E-state index in [4.69, 9.17) is 10.5 Å². The highest BCUT2D eigenvalue weighted by molar-refractivity contribution is 7.86. The average molecular weight is 277 g/mol. The molecule has 0 aromatic rings. The molecule has 18 heavy (non-hydrogen) atoms. The quantitative estimate of drug-likeness (QED) is 0.773. The number of morpholine rings is 1. The molecule has 0 amide bonds. The lowest BCUT2D eigenvalue weighted by atomic mass is 10.2. The fourth-order valence-electron chi connectivity index (χ4n) is 2.82. The van der Waals surface area contributed by atoms with Gasteiger partial charge in [0.15, 0.2) is 0 Å². The summed E-state index contributed by atoms with van der Waals surface area (Å²) in [6.45, 7) is 5.66. The molecule has 0 spiro atoms. The van der Waals surface area contributed by atoms with Crippen LogP contribution in [0, 0.1) is 0 Å². The third kappa shape index (κ3) is 2.70. The first-order valence-electron chi connectivity index (χ1n) is 6.57. The second kappa shape index (κ2) is 5.42. The molecule has 2 aliphatic rings. The van der Waals surface area contributed by atoms with Crippen LogP contribution in [0.25, 0.3) is 0 Å². The third-order valence-corrected chi connectivity index (χ3v) is 5.63. The van der Waals surface area contributed by atoms with Crippen LogP contribution in [0.1, 0.15) is 26.7 Å². The summed E-state index contributed by atoms with van der Waals surface area (Å²) < 4.78 is 33.9. The summed E-state index contributed by atoms with van der Waals surface area (Å²) in [4.78, 5) is 0. The number of nitrogens with zero attached hydrogens (tertiary/aromatic N) is 2. The molecular weight excluding hydrogens is 254 g/mol. The topological polar surface area (TPSA) is 75.9 Å². The van der Waals surface area contributed by atoms with Crippen molar-refractivity contribution in [2.24, 2.45) is 5.73 Å². The first-order valence-corrected chi connectivity index (χ1v) is 7.97. The largest absolute Gasteiger partial charge is 0.373 e. The number of ether oxygens (including phenoxy) is 1. The summed E-state index contributed by atoms with van der Waals surface area (Å²) in [6.07, 6.45) is 1.66. The van der Waals surface area contributed by atoms with Crippen molar-refractivity contribution in [3.8, 4) is 0 Å². The Bertz CT molecular complexity index is 377. The molecule has 0 aromatic carbocycles. The minimum atomic E-state index is -3.38. The van der Waals surface area contributed by atoms with Gasteiger partial charge < -0.3 is 10.5 Å². The van der Waals surface area contributed by atoms with Gasteiger partial charge in [0.2, 0.25) is 0 Å². The molecule has 2 saturated heterocycles. The minimum Gasteiger partial charge on any atom is -0.373 e. The molecule has 2 fully saturated rings. The normalized spacial score (nSPS) is 36.1. The zero-order chi connectivity index (χ0) is 13.3. The molecule has 0 radical (unpaired) electrons. The summed E-state index contributed by atoms with van der Waals surface area (Å²) in [5.41, 5.74) is 5.66. The van der Waals surface area contributed by atoms with Crippen LogP contribution in [-0.2, 0) is 14.9 Å². The van der Waals surface area contributed by atoms with Gasteiger partial charge in [-0.1, -0.05) is 0 Å². The lowest BCUT2D eigenvalue weighted by molar-refractivity contribution is -0.0455.